The van der Waals surface area contributed by atoms with E-state index in [1.54, 1.807) is 0 Å². The maximum absolute atomic E-state index is 9.60. The molecule has 1 aliphatic heterocycles. The number of aromatic nitrogens is 1. The average molecular weight is 354 g/mol. The lowest BCUT2D eigenvalue weighted by molar-refractivity contribution is 0.0138. The van der Waals surface area contributed by atoms with E-state index in [2.05, 4.69) is 39.0 Å². The molecule has 4 rings (SSSR count). The van der Waals surface area contributed by atoms with E-state index in [0.29, 0.717) is 12.6 Å². The maximum Gasteiger partial charge on any atom is 0.0446 e. The molecule has 1 aromatic carbocycles. The maximum atomic E-state index is 9.60. The molecule has 0 radical (unpaired) electrons. The summed E-state index contributed by atoms with van der Waals surface area (Å²) in [5, 5.41) is 12.1. The van der Waals surface area contributed by atoms with E-state index in [1.165, 1.54) is 48.4 Å². The Bertz CT molecular complexity index is 708. The van der Waals surface area contributed by atoms with Crippen LogP contribution in [0.2, 0.25) is 0 Å². The van der Waals surface area contributed by atoms with Crippen molar-refractivity contribution in [2.75, 3.05) is 26.2 Å². The Labute approximate surface area is 156 Å². The second-order valence-corrected chi connectivity index (χ2v) is 7.94. The molecule has 4 heteroatoms. The zero-order chi connectivity index (χ0) is 17.8. The molecule has 140 valence electrons. The predicted octanol–water partition coefficient (Wildman–Crippen LogP) is 3.44. The van der Waals surface area contributed by atoms with Gasteiger partial charge in [-0.05, 0) is 36.3 Å². The summed E-state index contributed by atoms with van der Waals surface area (Å²) in [5.41, 5.74) is 1.39. The van der Waals surface area contributed by atoms with Gasteiger partial charge in [-0.1, -0.05) is 37.5 Å². The van der Waals surface area contributed by atoms with E-state index in [1.807, 2.05) is 12.4 Å². The highest BCUT2D eigenvalue weighted by Crippen LogP contribution is 2.28. The highest BCUT2D eigenvalue weighted by atomic mass is 16.3. The Morgan fingerprint density at radius 2 is 1.96 bits per heavy atom. The molecule has 1 saturated carbocycles. The second-order valence-electron chi connectivity index (χ2n) is 7.94. The van der Waals surface area contributed by atoms with Crippen LogP contribution in [0.1, 0.15) is 44.1 Å². The predicted molar refractivity (Wildman–Crippen MR) is 106 cm³/mol. The van der Waals surface area contributed by atoms with Gasteiger partial charge >= 0.3 is 0 Å². The van der Waals surface area contributed by atoms with E-state index in [9.17, 15) is 5.11 Å². The Morgan fingerprint density at radius 1 is 1.08 bits per heavy atom. The molecule has 0 spiro atoms. The number of fused-ring (bicyclic) bond motifs is 1. The van der Waals surface area contributed by atoms with Gasteiger partial charge in [0.1, 0.15) is 0 Å². The molecule has 1 N–H and O–H groups in total. The zero-order valence-corrected chi connectivity index (χ0v) is 15.7. The van der Waals surface area contributed by atoms with Crippen molar-refractivity contribution >= 4 is 10.8 Å². The molecular formula is C22H31N3O. The fraction of sp³-hybridized carbons (Fsp3) is 0.591. The first kappa shape index (κ1) is 17.9. The van der Waals surface area contributed by atoms with Crippen LogP contribution in [0.15, 0.2) is 36.7 Å². The molecular weight excluding hydrogens is 322 g/mol. The number of piperazine rings is 1. The van der Waals surface area contributed by atoms with Gasteiger partial charge in [-0.25, -0.2) is 0 Å². The number of aliphatic hydroxyl groups excluding tert-OH is 1. The average Bonchev–Trinajstić information content (AvgIpc) is 2.69. The SMILES string of the molecule is OCCC1CN(Cc2cccc3cnccc23)CCN1C1CCCCC1. The van der Waals surface area contributed by atoms with Crippen LogP contribution < -0.4 is 0 Å². The van der Waals surface area contributed by atoms with Gasteiger partial charge in [0.2, 0.25) is 0 Å². The van der Waals surface area contributed by atoms with Crippen LogP contribution in [0.25, 0.3) is 10.8 Å². The van der Waals surface area contributed by atoms with Crippen molar-refractivity contribution in [3.8, 4) is 0 Å². The van der Waals surface area contributed by atoms with Crippen molar-refractivity contribution in [1.29, 1.82) is 0 Å². The monoisotopic (exact) mass is 353 g/mol. The van der Waals surface area contributed by atoms with Gasteiger partial charge in [0, 0.05) is 62.6 Å². The van der Waals surface area contributed by atoms with Crippen molar-refractivity contribution in [2.45, 2.75) is 57.2 Å². The van der Waals surface area contributed by atoms with Crippen LogP contribution in [0.4, 0.5) is 0 Å². The zero-order valence-electron chi connectivity index (χ0n) is 15.7. The van der Waals surface area contributed by atoms with E-state index >= 15 is 0 Å². The number of benzene rings is 1. The van der Waals surface area contributed by atoms with Gasteiger partial charge < -0.3 is 5.11 Å². The molecule has 26 heavy (non-hydrogen) atoms. The van der Waals surface area contributed by atoms with E-state index in [0.717, 1.165) is 38.6 Å². The summed E-state index contributed by atoms with van der Waals surface area (Å²) in [5.74, 6) is 0. The molecule has 1 atom stereocenters. The van der Waals surface area contributed by atoms with E-state index in [4.69, 9.17) is 0 Å². The molecule has 1 unspecified atom stereocenters. The molecule has 1 saturated heterocycles. The highest BCUT2D eigenvalue weighted by molar-refractivity contribution is 5.84. The second kappa shape index (κ2) is 8.47. The third kappa shape index (κ3) is 3.93. The van der Waals surface area contributed by atoms with E-state index < -0.39 is 0 Å². The minimum atomic E-state index is 0.293. The quantitative estimate of drug-likeness (QED) is 0.894. The number of pyridine rings is 1. The van der Waals surface area contributed by atoms with Crippen LogP contribution in [0.3, 0.4) is 0 Å². The molecule has 2 aliphatic rings. The number of aliphatic hydroxyl groups is 1. The van der Waals surface area contributed by atoms with Gasteiger partial charge in [-0.3, -0.25) is 14.8 Å². The summed E-state index contributed by atoms with van der Waals surface area (Å²) in [6.45, 7) is 4.61. The molecule has 1 aliphatic carbocycles. The largest absolute Gasteiger partial charge is 0.396 e. The summed E-state index contributed by atoms with van der Waals surface area (Å²) >= 11 is 0. The van der Waals surface area contributed by atoms with Crippen molar-refractivity contribution in [2.24, 2.45) is 0 Å². The molecule has 2 heterocycles. The third-order valence-corrected chi connectivity index (χ3v) is 6.28. The third-order valence-electron chi connectivity index (χ3n) is 6.28. The number of nitrogens with zero attached hydrogens (tertiary/aromatic N) is 3. The topological polar surface area (TPSA) is 39.6 Å². The Hall–Kier alpha value is -1.49. The summed E-state index contributed by atoms with van der Waals surface area (Å²) in [6.07, 6.45) is 11.6. The minimum Gasteiger partial charge on any atom is -0.396 e. The lowest BCUT2D eigenvalue weighted by Crippen LogP contribution is -2.56. The van der Waals surface area contributed by atoms with Crippen molar-refractivity contribution < 1.29 is 5.11 Å². The molecule has 4 nitrogen and oxygen atoms in total. The first-order valence-electron chi connectivity index (χ1n) is 10.3. The Balaban J connectivity index is 1.46. The van der Waals surface area contributed by atoms with Gasteiger partial charge in [0.15, 0.2) is 0 Å². The summed E-state index contributed by atoms with van der Waals surface area (Å²) < 4.78 is 0. The number of hydrogen-bond donors (Lipinski definition) is 1. The van der Waals surface area contributed by atoms with Crippen LogP contribution in [0, 0.1) is 0 Å². The van der Waals surface area contributed by atoms with Gasteiger partial charge in [0.25, 0.3) is 0 Å². The molecule has 1 aromatic heterocycles. The minimum absolute atomic E-state index is 0.293. The Morgan fingerprint density at radius 3 is 2.81 bits per heavy atom. The highest BCUT2D eigenvalue weighted by Gasteiger charge is 2.32. The van der Waals surface area contributed by atoms with E-state index in [-0.39, 0.29) is 0 Å². The van der Waals surface area contributed by atoms with Crippen molar-refractivity contribution in [3.05, 3.63) is 42.2 Å². The van der Waals surface area contributed by atoms with Crippen LogP contribution in [-0.2, 0) is 6.54 Å². The van der Waals surface area contributed by atoms with Crippen molar-refractivity contribution in [1.82, 2.24) is 14.8 Å². The summed E-state index contributed by atoms with van der Waals surface area (Å²) in [4.78, 5) is 9.55. The molecule has 2 aromatic rings. The lowest BCUT2D eigenvalue weighted by Gasteiger charge is -2.46. The van der Waals surface area contributed by atoms with Gasteiger partial charge in [-0.15, -0.1) is 0 Å². The number of hydrogen-bond acceptors (Lipinski definition) is 4. The van der Waals surface area contributed by atoms with Gasteiger partial charge in [0.05, 0.1) is 0 Å². The van der Waals surface area contributed by atoms with Crippen LogP contribution in [-0.4, -0.2) is 58.2 Å². The summed E-state index contributed by atoms with van der Waals surface area (Å²) in [6, 6.07) is 9.90. The van der Waals surface area contributed by atoms with Crippen molar-refractivity contribution in [3.63, 3.8) is 0 Å². The fourth-order valence-corrected chi connectivity index (χ4v) is 4.95. The molecule has 0 bridgehead atoms. The van der Waals surface area contributed by atoms with Gasteiger partial charge in [-0.2, -0.15) is 0 Å². The molecule has 2 fully saturated rings. The van der Waals surface area contributed by atoms with Crippen LogP contribution in [0.5, 0.6) is 0 Å². The Kier molecular flexibility index (Phi) is 5.83. The normalized spacial score (nSPS) is 23.5. The standard InChI is InChI=1S/C22H31N3O/c26-14-10-21-17-24(12-13-25(21)20-7-2-1-3-8-20)16-19-6-4-5-18-15-23-11-9-22(18)19/h4-6,9,11,15,20-21,26H,1-3,7-8,10,12-14,16-17H2. The first-order valence-corrected chi connectivity index (χ1v) is 10.3. The molecule has 0 amide bonds. The first-order chi connectivity index (χ1) is 12.8. The smallest absolute Gasteiger partial charge is 0.0446 e. The fourth-order valence-electron chi connectivity index (χ4n) is 4.95. The summed E-state index contributed by atoms with van der Waals surface area (Å²) in [7, 11) is 0. The number of rotatable bonds is 5. The van der Waals surface area contributed by atoms with Crippen LogP contribution >= 0.6 is 0 Å². The lowest BCUT2D eigenvalue weighted by atomic mass is 9.91.